The molecule has 0 aliphatic heterocycles. The van der Waals surface area contributed by atoms with Gasteiger partial charge >= 0.3 is 0 Å². The van der Waals surface area contributed by atoms with Gasteiger partial charge in [-0.1, -0.05) is 13.8 Å². The molecule has 0 radical (unpaired) electrons. The van der Waals surface area contributed by atoms with Crippen LogP contribution in [0.3, 0.4) is 0 Å². The summed E-state index contributed by atoms with van der Waals surface area (Å²) in [6, 6.07) is 3.57. The average molecular weight is 229 g/mol. The van der Waals surface area contributed by atoms with Crippen LogP contribution in [0, 0.1) is 17.6 Å². The van der Waals surface area contributed by atoms with E-state index in [1.807, 2.05) is 20.9 Å². The minimum Gasteiger partial charge on any atom is -0.489 e. The molecule has 0 saturated carbocycles. The highest BCUT2D eigenvalue weighted by Gasteiger charge is 2.15. The van der Waals surface area contributed by atoms with Crippen molar-refractivity contribution in [3.63, 3.8) is 0 Å². The van der Waals surface area contributed by atoms with Crippen LogP contribution in [0.15, 0.2) is 18.2 Å². The molecular weight excluding hydrogens is 212 g/mol. The Kier molecular flexibility index (Phi) is 4.68. The third kappa shape index (κ3) is 3.45. The number of rotatable bonds is 5. The van der Waals surface area contributed by atoms with Gasteiger partial charge < -0.3 is 10.1 Å². The summed E-state index contributed by atoms with van der Waals surface area (Å²) in [7, 11) is 1.82. The second kappa shape index (κ2) is 5.80. The van der Waals surface area contributed by atoms with Crippen molar-refractivity contribution in [2.45, 2.75) is 20.0 Å². The van der Waals surface area contributed by atoms with Crippen molar-refractivity contribution in [2.75, 3.05) is 13.6 Å². The summed E-state index contributed by atoms with van der Waals surface area (Å²) in [6.45, 7) is 4.69. The first-order chi connectivity index (χ1) is 7.54. The molecule has 1 rings (SSSR count). The fraction of sp³-hybridized carbons (Fsp3) is 0.500. The van der Waals surface area contributed by atoms with Crippen molar-refractivity contribution in [1.82, 2.24) is 5.32 Å². The van der Waals surface area contributed by atoms with Gasteiger partial charge in [0.1, 0.15) is 11.9 Å². The van der Waals surface area contributed by atoms with E-state index in [9.17, 15) is 8.78 Å². The fourth-order valence-electron chi connectivity index (χ4n) is 1.34. The second-order valence-electron chi connectivity index (χ2n) is 4.03. The number of nitrogens with one attached hydrogen (secondary N) is 1. The molecule has 1 N–H and O–H groups in total. The van der Waals surface area contributed by atoms with Crippen LogP contribution in [0.25, 0.3) is 0 Å². The van der Waals surface area contributed by atoms with Crippen molar-refractivity contribution >= 4 is 0 Å². The zero-order valence-electron chi connectivity index (χ0n) is 9.76. The van der Waals surface area contributed by atoms with Crippen LogP contribution in [0.5, 0.6) is 5.75 Å². The molecule has 16 heavy (non-hydrogen) atoms. The lowest BCUT2D eigenvalue weighted by Gasteiger charge is -2.22. The molecule has 0 bridgehead atoms. The molecule has 0 heterocycles. The first-order valence-corrected chi connectivity index (χ1v) is 5.31. The van der Waals surface area contributed by atoms with E-state index in [0.717, 1.165) is 12.1 Å². The minimum atomic E-state index is -0.885. The largest absolute Gasteiger partial charge is 0.489 e. The Hall–Kier alpha value is -1.16. The maximum Gasteiger partial charge on any atom is 0.162 e. The van der Waals surface area contributed by atoms with Crippen molar-refractivity contribution < 1.29 is 13.5 Å². The van der Waals surface area contributed by atoms with E-state index < -0.39 is 11.6 Å². The van der Waals surface area contributed by atoms with Crippen LogP contribution in [0.2, 0.25) is 0 Å². The Morgan fingerprint density at radius 2 is 1.94 bits per heavy atom. The number of likely N-dealkylation sites (N-methyl/N-ethyl adjacent to an activating group) is 1. The van der Waals surface area contributed by atoms with Crippen LogP contribution >= 0.6 is 0 Å². The maximum atomic E-state index is 12.9. The van der Waals surface area contributed by atoms with Gasteiger partial charge in [-0.3, -0.25) is 0 Å². The average Bonchev–Trinajstić information content (AvgIpc) is 2.22. The van der Waals surface area contributed by atoms with Crippen LogP contribution < -0.4 is 10.1 Å². The predicted molar refractivity (Wildman–Crippen MR) is 59.5 cm³/mol. The molecule has 1 atom stereocenters. The Labute approximate surface area is 94.6 Å². The molecule has 2 nitrogen and oxygen atoms in total. The van der Waals surface area contributed by atoms with Gasteiger partial charge in [0.05, 0.1) is 0 Å². The normalized spacial score (nSPS) is 12.9. The summed E-state index contributed by atoms with van der Waals surface area (Å²) in [5.74, 6) is -1.10. The number of benzene rings is 1. The standard InChI is InChI=1S/C12H17F2NO/c1-8(2)12(7-15-3)16-9-4-5-10(13)11(14)6-9/h4-6,8,12,15H,7H2,1-3H3. The van der Waals surface area contributed by atoms with Gasteiger partial charge in [-0.15, -0.1) is 0 Å². The van der Waals surface area contributed by atoms with E-state index in [-0.39, 0.29) is 6.10 Å². The molecule has 0 fully saturated rings. The Bertz CT molecular complexity index is 342. The van der Waals surface area contributed by atoms with Gasteiger partial charge in [0.2, 0.25) is 0 Å². The van der Waals surface area contributed by atoms with Crippen LogP contribution in [0.1, 0.15) is 13.8 Å². The smallest absolute Gasteiger partial charge is 0.162 e. The van der Waals surface area contributed by atoms with Crippen LogP contribution in [-0.2, 0) is 0 Å². The second-order valence-corrected chi connectivity index (χ2v) is 4.03. The van der Waals surface area contributed by atoms with Crippen molar-refractivity contribution in [1.29, 1.82) is 0 Å². The summed E-state index contributed by atoms with van der Waals surface area (Å²) in [4.78, 5) is 0. The van der Waals surface area contributed by atoms with Crippen LogP contribution in [-0.4, -0.2) is 19.7 Å². The lowest BCUT2D eigenvalue weighted by Crippen LogP contribution is -2.33. The van der Waals surface area contributed by atoms with E-state index in [0.29, 0.717) is 18.2 Å². The number of hydrogen-bond donors (Lipinski definition) is 1. The van der Waals surface area contributed by atoms with Gasteiger partial charge in [-0.05, 0) is 25.1 Å². The first kappa shape index (κ1) is 12.9. The van der Waals surface area contributed by atoms with Gasteiger partial charge in [-0.2, -0.15) is 0 Å². The summed E-state index contributed by atoms with van der Waals surface area (Å²) < 4.78 is 31.2. The Morgan fingerprint density at radius 1 is 1.25 bits per heavy atom. The molecule has 0 saturated heterocycles. The minimum absolute atomic E-state index is 0.0603. The summed E-state index contributed by atoms with van der Waals surface area (Å²) >= 11 is 0. The highest BCUT2D eigenvalue weighted by atomic mass is 19.2. The van der Waals surface area contributed by atoms with Crippen molar-refractivity contribution in [2.24, 2.45) is 5.92 Å². The molecule has 0 spiro atoms. The molecule has 0 aliphatic carbocycles. The van der Waals surface area contributed by atoms with E-state index >= 15 is 0 Å². The molecule has 0 aliphatic rings. The maximum absolute atomic E-state index is 12.9. The zero-order chi connectivity index (χ0) is 12.1. The monoisotopic (exact) mass is 229 g/mol. The lowest BCUT2D eigenvalue weighted by molar-refractivity contribution is 0.150. The summed E-state index contributed by atoms with van der Waals surface area (Å²) in [6.07, 6.45) is -0.0603. The molecule has 90 valence electrons. The van der Waals surface area contributed by atoms with E-state index in [1.54, 1.807) is 0 Å². The quantitative estimate of drug-likeness (QED) is 0.838. The third-order valence-corrected chi connectivity index (χ3v) is 2.33. The molecule has 1 aromatic carbocycles. The molecule has 1 aromatic rings. The molecule has 0 amide bonds. The van der Waals surface area contributed by atoms with E-state index in [4.69, 9.17) is 4.74 Å². The molecule has 1 unspecified atom stereocenters. The zero-order valence-corrected chi connectivity index (χ0v) is 9.76. The summed E-state index contributed by atoms with van der Waals surface area (Å²) in [5, 5.41) is 3.00. The number of halogens is 2. The molecular formula is C12H17F2NO. The van der Waals surface area contributed by atoms with Gasteiger partial charge in [0.15, 0.2) is 11.6 Å². The summed E-state index contributed by atoms with van der Waals surface area (Å²) in [5.41, 5.74) is 0. The first-order valence-electron chi connectivity index (χ1n) is 5.31. The third-order valence-electron chi connectivity index (χ3n) is 2.33. The van der Waals surface area contributed by atoms with Crippen LogP contribution in [0.4, 0.5) is 8.78 Å². The fourth-order valence-corrected chi connectivity index (χ4v) is 1.34. The number of hydrogen-bond acceptors (Lipinski definition) is 2. The highest BCUT2D eigenvalue weighted by Crippen LogP contribution is 2.18. The van der Waals surface area contributed by atoms with Gasteiger partial charge in [0.25, 0.3) is 0 Å². The topological polar surface area (TPSA) is 21.3 Å². The highest BCUT2D eigenvalue weighted by molar-refractivity contribution is 5.23. The van der Waals surface area contributed by atoms with Crippen molar-refractivity contribution in [3.8, 4) is 5.75 Å². The lowest BCUT2D eigenvalue weighted by atomic mass is 10.1. The van der Waals surface area contributed by atoms with E-state index in [1.165, 1.54) is 6.07 Å². The number of ether oxygens (including phenoxy) is 1. The molecule has 4 heteroatoms. The van der Waals surface area contributed by atoms with Crippen molar-refractivity contribution in [3.05, 3.63) is 29.8 Å². The molecule has 0 aromatic heterocycles. The van der Waals surface area contributed by atoms with Gasteiger partial charge in [0, 0.05) is 12.6 Å². The Morgan fingerprint density at radius 3 is 2.44 bits per heavy atom. The van der Waals surface area contributed by atoms with Gasteiger partial charge in [-0.25, -0.2) is 8.78 Å². The SMILES string of the molecule is CNCC(Oc1ccc(F)c(F)c1)C(C)C. The predicted octanol–water partition coefficient (Wildman–Crippen LogP) is 2.59. The van der Waals surface area contributed by atoms with E-state index in [2.05, 4.69) is 5.32 Å². The Balaban J connectivity index is 2.73.